The van der Waals surface area contributed by atoms with Gasteiger partial charge in [0.2, 0.25) is 11.8 Å². The van der Waals surface area contributed by atoms with Crippen molar-refractivity contribution in [2.45, 2.75) is 59.8 Å². The van der Waals surface area contributed by atoms with Gasteiger partial charge in [0.05, 0.1) is 26.4 Å². The molecular formula is C22H42N2O6. The number of Topliss-reactive ketones (excluding diaryl/α,β-unsaturated/α-hetero) is 1. The predicted octanol–water partition coefficient (Wildman–Crippen LogP) is 2.10. The molecule has 0 rings (SSSR count). The topological polar surface area (TPSA) is 103 Å². The van der Waals surface area contributed by atoms with E-state index in [2.05, 4.69) is 10.6 Å². The van der Waals surface area contributed by atoms with Gasteiger partial charge in [-0.3, -0.25) is 14.4 Å². The minimum absolute atomic E-state index is 0.0118. The summed E-state index contributed by atoms with van der Waals surface area (Å²) in [4.78, 5) is 34.5. The van der Waals surface area contributed by atoms with Gasteiger partial charge < -0.3 is 24.8 Å². The largest absolute Gasteiger partial charge is 0.379 e. The molecule has 0 atom stereocenters. The molecule has 0 aliphatic heterocycles. The Labute approximate surface area is 181 Å². The molecule has 176 valence electrons. The van der Waals surface area contributed by atoms with Crippen LogP contribution in [-0.4, -0.2) is 70.3 Å². The lowest BCUT2D eigenvalue weighted by Gasteiger charge is -2.09. The third-order valence-electron chi connectivity index (χ3n) is 4.29. The molecule has 8 heteroatoms. The van der Waals surface area contributed by atoms with E-state index in [0.29, 0.717) is 72.0 Å². The molecule has 0 aromatic rings. The highest BCUT2D eigenvalue weighted by atomic mass is 16.5. The molecule has 0 saturated heterocycles. The van der Waals surface area contributed by atoms with E-state index in [1.807, 2.05) is 27.7 Å². The van der Waals surface area contributed by atoms with E-state index < -0.39 is 0 Å². The Morgan fingerprint density at radius 3 is 1.63 bits per heavy atom. The van der Waals surface area contributed by atoms with E-state index in [1.165, 1.54) is 0 Å². The summed E-state index contributed by atoms with van der Waals surface area (Å²) in [7, 11) is 0. The summed E-state index contributed by atoms with van der Waals surface area (Å²) in [6.07, 6.45) is 2.99. The van der Waals surface area contributed by atoms with Crippen molar-refractivity contribution in [3.8, 4) is 0 Å². The van der Waals surface area contributed by atoms with E-state index in [4.69, 9.17) is 14.2 Å². The van der Waals surface area contributed by atoms with Crippen molar-refractivity contribution in [2.75, 3.05) is 52.7 Å². The first-order valence-corrected chi connectivity index (χ1v) is 11.1. The molecule has 30 heavy (non-hydrogen) atoms. The Kier molecular flexibility index (Phi) is 18.5. The number of ketones is 1. The van der Waals surface area contributed by atoms with Crippen molar-refractivity contribution in [3.05, 3.63) is 0 Å². The third kappa shape index (κ3) is 18.5. The second-order valence-electron chi connectivity index (χ2n) is 7.81. The minimum atomic E-state index is -0.0165. The number of nitrogens with one attached hydrogen (secondary N) is 2. The van der Waals surface area contributed by atoms with Crippen LogP contribution in [0.15, 0.2) is 0 Å². The molecule has 8 nitrogen and oxygen atoms in total. The molecule has 0 saturated carbocycles. The maximum absolute atomic E-state index is 11.7. The van der Waals surface area contributed by atoms with E-state index in [-0.39, 0.29) is 29.4 Å². The van der Waals surface area contributed by atoms with Gasteiger partial charge in [-0.25, -0.2) is 0 Å². The highest BCUT2D eigenvalue weighted by molar-refractivity contribution is 5.81. The second kappa shape index (κ2) is 19.5. The second-order valence-corrected chi connectivity index (χ2v) is 7.81. The molecule has 0 aliphatic rings. The first kappa shape index (κ1) is 28.5. The van der Waals surface area contributed by atoms with Gasteiger partial charge in [0, 0.05) is 51.0 Å². The van der Waals surface area contributed by atoms with Gasteiger partial charge in [0.15, 0.2) is 0 Å². The van der Waals surface area contributed by atoms with Crippen LogP contribution >= 0.6 is 0 Å². The van der Waals surface area contributed by atoms with Crippen molar-refractivity contribution in [2.24, 2.45) is 11.8 Å². The van der Waals surface area contributed by atoms with Gasteiger partial charge in [0.25, 0.3) is 0 Å². The van der Waals surface area contributed by atoms with Crippen molar-refractivity contribution < 1.29 is 28.6 Å². The minimum Gasteiger partial charge on any atom is -0.379 e. The summed E-state index contributed by atoms with van der Waals surface area (Å²) in [5.41, 5.74) is 0. The van der Waals surface area contributed by atoms with Crippen LogP contribution in [0.3, 0.4) is 0 Å². The van der Waals surface area contributed by atoms with Crippen LogP contribution in [-0.2, 0) is 28.6 Å². The van der Waals surface area contributed by atoms with Crippen LogP contribution in [0.2, 0.25) is 0 Å². The molecule has 0 heterocycles. The van der Waals surface area contributed by atoms with Crippen molar-refractivity contribution in [1.29, 1.82) is 0 Å². The smallest absolute Gasteiger partial charge is 0.222 e. The standard InChI is InChI=1S/C22H42N2O6/c1-18(2)20(25)8-5-9-21(26)23-10-6-12-28-14-16-30-17-15-29-13-7-11-24-22(27)19(3)4/h18-19H,5-17H2,1-4H3,(H,23,26)(H,24,27). The number of ether oxygens (including phenoxy) is 3. The molecule has 0 aliphatic carbocycles. The summed E-state index contributed by atoms with van der Waals surface area (Å²) >= 11 is 0. The number of rotatable bonds is 20. The van der Waals surface area contributed by atoms with E-state index >= 15 is 0 Å². The van der Waals surface area contributed by atoms with E-state index in [0.717, 1.165) is 12.8 Å². The molecule has 0 spiro atoms. The molecule has 2 amide bonds. The maximum Gasteiger partial charge on any atom is 0.222 e. The van der Waals surface area contributed by atoms with Gasteiger partial charge in [-0.05, 0) is 19.3 Å². The molecule has 0 aromatic heterocycles. The molecule has 0 aromatic carbocycles. The summed E-state index contributed by atoms with van der Waals surface area (Å²) in [6, 6.07) is 0. The fourth-order valence-electron chi connectivity index (χ4n) is 2.33. The lowest BCUT2D eigenvalue weighted by molar-refractivity contribution is -0.124. The first-order chi connectivity index (χ1) is 14.3. The van der Waals surface area contributed by atoms with Crippen molar-refractivity contribution in [1.82, 2.24) is 10.6 Å². The van der Waals surface area contributed by atoms with Crippen molar-refractivity contribution >= 4 is 17.6 Å². The number of carbonyl (C=O) groups is 3. The molecule has 0 radical (unpaired) electrons. The molecule has 2 N–H and O–H groups in total. The third-order valence-corrected chi connectivity index (χ3v) is 4.29. The maximum atomic E-state index is 11.7. The summed E-state index contributed by atoms with van der Waals surface area (Å²) in [5.74, 6) is 0.305. The molecular weight excluding hydrogens is 388 g/mol. The Morgan fingerprint density at radius 2 is 1.13 bits per heavy atom. The zero-order valence-electron chi connectivity index (χ0n) is 19.3. The Bertz CT molecular complexity index is 469. The molecule has 0 fully saturated rings. The van der Waals surface area contributed by atoms with Gasteiger partial charge in [-0.15, -0.1) is 0 Å². The fraction of sp³-hybridized carbons (Fsp3) is 0.864. The highest BCUT2D eigenvalue weighted by Gasteiger charge is 2.08. The van der Waals surface area contributed by atoms with Crippen LogP contribution in [0.5, 0.6) is 0 Å². The number of hydrogen-bond acceptors (Lipinski definition) is 6. The monoisotopic (exact) mass is 430 g/mol. The number of hydrogen-bond donors (Lipinski definition) is 2. The predicted molar refractivity (Wildman–Crippen MR) is 116 cm³/mol. The lowest BCUT2D eigenvalue weighted by atomic mass is 10.0. The van der Waals surface area contributed by atoms with Gasteiger partial charge >= 0.3 is 0 Å². The van der Waals surface area contributed by atoms with Gasteiger partial charge in [-0.2, -0.15) is 0 Å². The Morgan fingerprint density at radius 1 is 0.633 bits per heavy atom. The van der Waals surface area contributed by atoms with Gasteiger partial charge in [-0.1, -0.05) is 27.7 Å². The van der Waals surface area contributed by atoms with E-state index in [1.54, 1.807) is 0 Å². The fourth-order valence-corrected chi connectivity index (χ4v) is 2.33. The zero-order valence-corrected chi connectivity index (χ0v) is 19.3. The number of carbonyl (C=O) groups excluding carboxylic acids is 3. The summed E-state index contributed by atoms with van der Waals surface area (Å²) < 4.78 is 16.3. The van der Waals surface area contributed by atoms with Crippen LogP contribution < -0.4 is 10.6 Å². The highest BCUT2D eigenvalue weighted by Crippen LogP contribution is 2.04. The quantitative estimate of drug-likeness (QED) is 0.287. The van der Waals surface area contributed by atoms with Crippen LogP contribution in [0, 0.1) is 11.8 Å². The van der Waals surface area contributed by atoms with E-state index in [9.17, 15) is 14.4 Å². The van der Waals surface area contributed by atoms with Crippen molar-refractivity contribution in [3.63, 3.8) is 0 Å². The molecule has 0 unspecified atom stereocenters. The Hall–Kier alpha value is -1.51. The first-order valence-electron chi connectivity index (χ1n) is 11.1. The van der Waals surface area contributed by atoms with Crippen LogP contribution in [0.1, 0.15) is 59.8 Å². The lowest BCUT2D eigenvalue weighted by Crippen LogP contribution is -2.29. The molecule has 0 bridgehead atoms. The SMILES string of the molecule is CC(C)C(=O)CCCC(=O)NCCCOCCOCCOCCCNC(=O)C(C)C. The summed E-state index contributed by atoms with van der Waals surface area (Å²) in [5, 5.41) is 5.68. The average Bonchev–Trinajstić information content (AvgIpc) is 2.70. The Balaban J connectivity index is 3.25. The average molecular weight is 431 g/mol. The number of amides is 2. The van der Waals surface area contributed by atoms with Gasteiger partial charge in [0.1, 0.15) is 5.78 Å². The van der Waals surface area contributed by atoms with Crippen LogP contribution in [0.4, 0.5) is 0 Å². The van der Waals surface area contributed by atoms with Crippen LogP contribution in [0.25, 0.3) is 0 Å². The zero-order chi connectivity index (χ0) is 22.6. The normalized spacial score (nSPS) is 11.1. The summed E-state index contributed by atoms with van der Waals surface area (Å²) in [6.45, 7) is 11.9.